The molecule has 1 unspecified atom stereocenters. The molecule has 41 heavy (non-hydrogen) atoms. The molecule has 2 atom stereocenters. The van der Waals surface area contributed by atoms with E-state index in [9.17, 15) is 14.0 Å². The van der Waals surface area contributed by atoms with Gasteiger partial charge in [0.1, 0.15) is 17.9 Å². The Hall–Kier alpha value is -2.46. The van der Waals surface area contributed by atoms with Crippen LogP contribution in [0.4, 0.5) is 4.39 Å². The summed E-state index contributed by atoms with van der Waals surface area (Å²) in [4.78, 5) is 39.7. The first kappa shape index (κ1) is 33.0. The molecule has 1 aliphatic heterocycles. The van der Waals surface area contributed by atoms with E-state index in [2.05, 4.69) is 32.1 Å². The third-order valence-corrected chi connectivity index (χ3v) is 8.63. The molecule has 1 aromatic carbocycles. The molecule has 2 aliphatic rings. The van der Waals surface area contributed by atoms with Crippen LogP contribution in [0.1, 0.15) is 80.7 Å². The van der Waals surface area contributed by atoms with Crippen LogP contribution >= 0.6 is 36.4 Å². The minimum atomic E-state index is -0.345. The molecule has 1 saturated carbocycles. The highest BCUT2D eigenvalue weighted by molar-refractivity contribution is 6.30. The van der Waals surface area contributed by atoms with Gasteiger partial charge in [-0.05, 0) is 81.4 Å². The summed E-state index contributed by atoms with van der Waals surface area (Å²) < 4.78 is 18.5. The van der Waals surface area contributed by atoms with Gasteiger partial charge < -0.3 is 19.6 Å². The number of aromatic amines is 1. The molecule has 5 rings (SSSR count). The van der Waals surface area contributed by atoms with E-state index in [0.29, 0.717) is 41.5 Å². The highest BCUT2D eigenvalue weighted by atomic mass is 35.5. The number of unbranched alkanes of at least 4 members (excludes halogenated alkanes) is 2. The molecule has 12 heteroatoms. The van der Waals surface area contributed by atoms with Crippen molar-refractivity contribution in [1.29, 1.82) is 0 Å². The fourth-order valence-corrected chi connectivity index (χ4v) is 6.03. The summed E-state index contributed by atoms with van der Waals surface area (Å²) in [5, 5.41) is 3.56. The number of amides is 1. The lowest BCUT2D eigenvalue weighted by Crippen LogP contribution is -2.37. The van der Waals surface area contributed by atoms with Gasteiger partial charge in [-0.15, -0.1) is 24.8 Å². The number of H-pyrrole nitrogens is 1. The van der Waals surface area contributed by atoms with Crippen LogP contribution in [0, 0.1) is 17.2 Å². The second kappa shape index (κ2) is 14.6. The van der Waals surface area contributed by atoms with Gasteiger partial charge in [-0.25, -0.2) is 14.4 Å². The minimum absolute atomic E-state index is 0. The topological polar surface area (TPSA) is 104 Å². The molecule has 0 radical (unpaired) electrons. The minimum Gasteiger partial charge on any atom is -0.442 e. The van der Waals surface area contributed by atoms with Crippen molar-refractivity contribution in [3.63, 3.8) is 0 Å². The van der Waals surface area contributed by atoms with Crippen LogP contribution in [-0.2, 0) is 4.79 Å². The number of rotatable bonds is 12. The molecular weight excluding hydrogens is 592 g/mol. The number of carbonyl (C=O) groups excluding carboxylic acids is 2. The zero-order valence-electron chi connectivity index (χ0n) is 23.0. The molecule has 3 aromatic rings. The Morgan fingerprint density at radius 3 is 2.59 bits per heavy atom. The lowest BCUT2D eigenvalue weighted by Gasteiger charge is -2.32. The maximum Gasteiger partial charge on any atom is 0.263 e. The number of Topliss-reactive ketones (excluding diaryl/α,β-unsaturated/α-hetero) is 1. The van der Waals surface area contributed by atoms with Gasteiger partial charge in [0.05, 0.1) is 17.9 Å². The third kappa shape index (κ3) is 7.89. The molecule has 2 aromatic heterocycles. The van der Waals surface area contributed by atoms with Crippen molar-refractivity contribution in [2.45, 2.75) is 64.3 Å². The first-order valence-corrected chi connectivity index (χ1v) is 14.2. The zero-order valence-corrected chi connectivity index (χ0v) is 25.4. The summed E-state index contributed by atoms with van der Waals surface area (Å²) in [6, 6.07) is 5.69. The van der Waals surface area contributed by atoms with Crippen molar-refractivity contribution in [2.24, 2.45) is 11.3 Å². The SMILES string of the molecule is CCN1CCC2(CC1)C[C@@H]2C(=O)NC(CCCCCC(=O)c1ncco1)c1[nH]c(-c2ccc(F)cc2)nc1Cl.Cl.Cl. The number of likely N-dealkylation sites (tertiary alicyclic amines) is 1. The monoisotopic (exact) mass is 627 g/mol. The Bertz CT molecular complexity index is 1280. The van der Waals surface area contributed by atoms with E-state index < -0.39 is 0 Å². The molecule has 1 saturated heterocycles. The smallest absolute Gasteiger partial charge is 0.263 e. The number of hydrogen-bond donors (Lipinski definition) is 2. The Balaban J connectivity index is 0.00000231. The number of piperidine rings is 1. The van der Waals surface area contributed by atoms with Crippen LogP contribution in [0.3, 0.4) is 0 Å². The molecule has 1 aliphatic carbocycles. The van der Waals surface area contributed by atoms with Crippen molar-refractivity contribution in [3.05, 3.63) is 59.3 Å². The first-order valence-electron chi connectivity index (χ1n) is 13.9. The van der Waals surface area contributed by atoms with Crippen molar-refractivity contribution in [3.8, 4) is 11.4 Å². The number of hydrogen-bond acceptors (Lipinski definition) is 6. The fraction of sp³-hybridized carbons (Fsp3) is 0.517. The Morgan fingerprint density at radius 1 is 1.20 bits per heavy atom. The van der Waals surface area contributed by atoms with Gasteiger partial charge in [0.25, 0.3) is 5.89 Å². The molecule has 3 heterocycles. The van der Waals surface area contributed by atoms with Crippen LogP contribution in [0.2, 0.25) is 5.15 Å². The molecular formula is C29H37Cl3FN5O3. The quantitative estimate of drug-likeness (QED) is 0.169. The number of nitrogens with one attached hydrogen (secondary N) is 2. The van der Waals surface area contributed by atoms with Crippen molar-refractivity contribution in [1.82, 2.24) is 25.2 Å². The number of benzene rings is 1. The van der Waals surface area contributed by atoms with E-state index in [1.807, 2.05) is 0 Å². The number of imidazole rings is 1. The second-order valence-corrected chi connectivity index (χ2v) is 11.1. The van der Waals surface area contributed by atoms with E-state index >= 15 is 0 Å². The highest BCUT2D eigenvalue weighted by Crippen LogP contribution is 2.59. The van der Waals surface area contributed by atoms with Gasteiger partial charge in [-0.2, -0.15) is 0 Å². The standard InChI is InChI=1S/C29H35ClFN5O3.2ClH/c1-2-36-15-12-29(13-16-36)18-21(29)27(38)33-22(6-4-3-5-7-23(37)28-32-14-17-39-28)24-25(30)35-26(34-24)19-8-10-20(31)11-9-19;;/h8-11,14,17,21-22H,2-7,12-13,15-16,18H2,1H3,(H,33,38)(H,34,35);2*1H/t21-,22?;;/m1../s1. The third-order valence-electron chi connectivity index (χ3n) is 8.34. The van der Waals surface area contributed by atoms with Crippen LogP contribution in [-0.4, -0.2) is 51.2 Å². The van der Waals surface area contributed by atoms with Crippen molar-refractivity contribution >= 4 is 48.1 Å². The van der Waals surface area contributed by atoms with Gasteiger partial charge in [-0.1, -0.05) is 31.4 Å². The summed E-state index contributed by atoms with van der Waals surface area (Å²) >= 11 is 6.58. The van der Waals surface area contributed by atoms with Crippen molar-refractivity contribution in [2.75, 3.05) is 19.6 Å². The Labute approximate surface area is 257 Å². The number of nitrogens with zero attached hydrogens (tertiary/aromatic N) is 3. The summed E-state index contributed by atoms with van der Waals surface area (Å²) in [7, 11) is 0. The predicted octanol–water partition coefficient (Wildman–Crippen LogP) is 6.81. The van der Waals surface area contributed by atoms with E-state index in [0.717, 1.165) is 51.7 Å². The summed E-state index contributed by atoms with van der Waals surface area (Å²) in [5.74, 6) is 0.319. The van der Waals surface area contributed by atoms with Crippen LogP contribution in [0.25, 0.3) is 11.4 Å². The molecule has 1 amide bonds. The average Bonchev–Trinajstić information content (AvgIpc) is 3.25. The van der Waals surface area contributed by atoms with Gasteiger partial charge in [0.2, 0.25) is 11.7 Å². The number of ketones is 1. The second-order valence-electron chi connectivity index (χ2n) is 10.8. The lowest BCUT2D eigenvalue weighted by molar-refractivity contribution is -0.124. The molecule has 0 bridgehead atoms. The average molecular weight is 629 g/mol. The van der Waals surface area contributed by atoms with Gasteiger partial charge >= 0.3 is 0 Å². The van der Waals surface area contributed by atoms with E-state index in [1.54, 1.807) is 12.1 Å². The van der Waals surface area contributed by atoms with E-state index in [-0.39, 0.29) is 65.6 Å². The van der Waals surface area contributed by atoms with Gasteiger partial charge in [0, 0.05) is 17.9 Å². The molecule has 224 valence electrons. The van der Waals surface area contributed by atoms with E-state index in [1.165, 1.54) is 24.6 Å². The van der Waals surface area contributed by atoms with E-state index in [4.69, 9.17) is 16.0 Å². The maximum absolute atomic E-state index is 13.4. The number of carbonyl (C=O) groups is 2. The van der Waals surface area contributed by atoms with Crippen LogP contribution in [0.15, 0.2) is 41.1 Å². The van der Waals surface area contributed by atoms with Gasteiger partial charge in [-0.3, -0.25) is 9.59 Å². The molecule has 8 nitrogen and oxygen atoms in total. The summed E-state index contributed by atoms with van der Waals surface area (Å²) in [6.07, 6.45) is 9.19. The van der Waals surface area contributed by atoms with Crippen molar-refractivity contribution < 1.29 is 18.4 Å². The normalized spacial score (nSPS) is 18.3. The maximum atomic E-state index is 13.4. The van der Waals surface area contributed by atoms with Crippen LogP contribution < -0.4 is 5.32 Å². The highest BCUT2D eigenvalue weighted by Gasteiger charge is 2.58. The van der Waals surface area contributed by atoms with Gasteiger partial charge in [0.15, 0.2) is 5.15 Å². The summed E-state index contributed by atoms with van der Waals surface area (Å²) in [5.41, 5.74) is 1.48. The largest absolute Gasteiger partial charge is 0.442 e. The summed E-state index contributed by atoms with van der Waals surface area (Å²) in [6.45, 7) is 5.32. The predicted molar refractivity (Wildman–Crippen MR) is 160 cm³/mol. The lowest BCUT2D eigenvalue weighted by atomic mass is 9.90. The number of halogens is 4. The molecule has 2 fully saturated rings. The molecule has 1 spiro atoms. The number of oxazole rings is 1. The Morgan fingerprint density at radius 2 is 1.93 bits per heavy atom. The molecule has 2 N–H and O–H groups in total. The fourth-order valence-electron chi connectivity index (χ4n) is 5.77. The van der Waals surface area contributed by atoms with Crippen LogP contribution in [0.5, 0.6) is 0 Å². The zero-order chi connectivity index (χ0) is 27.4. The Kier molecular flexibility index (Phi) is 11.8. The first-order chi connectivity index (χ1) is 18.9. The number of aromatic nitrogens is 3.